The van der Waals surface area contributed by atoms with Crippen LogP contribution in [0.15, 0.2) is 36.4 Å². The monoisotopic (exact) mass is 507 g/mol. The molecule has 6 rings (SSSR count). The van der Waals surface area contributed by atoms with Gasteiger partial charge in [0.05, 0.1) is 17.3 Å². The Balaban J connectivity index is 1.42. The summed E-state index contributed by atoms with van der Waals surface area (Å²) < 4.78 is 33.2. The van der Waals surface area contributed by atoms with Crippen molar-refractivity contribution in [2.75, 3.05) is 19.8 Å². The minimum Gasteiger partial charge on any atom is -0.465 e. The fraction of sp³-hybridized carbons (Fsp3) is 0.370. The maximum absolute atomic E-state index is 15.9. The van der Waals surface area contributed by atoms with E-state index in [1.807, 2.05) is 12.1 Å². The van der Waals surface area contributed by atoms with Crippen LogP contribution in [0, 0.1) is 11.7 Å². The molecule has 2 aromatic carbocycles. The van der Waals surface area contributed by atoms with Crippen molar-refractivity contribution >= 4 is 33.9 Å². The molecule has 3 heterocycles. The van der Waals surface area contributed by atoms with Gasteiger partial charge in [-0.2, -0.15) is 0 Å². The van der Waals surface area contributed by atoms with Crippen molar-refractivity contribution in [1.29, 1.82) is 0 Å². The van der Waals surface area contributed by atoms with Crippen molar-refractivity contribution in [2.24, 2.45) is 13.0 Å². The molecule has 0 saturated heterocycles. The number of benzene rings is 2. The van der Waals surface area contributed by atoms with Gasteiger partial charge in [0.2, 0.25) is 0 Å². The first kappa shape index (κ1) is 23.4. The van der Waals surface area contributed by atoms with Gasteiger partial charge in [0.15, 0.2) is 11.6 Å². The van der Waals surface area contributed by atoms with E-state index in [2.05, 4.69) is 28.1 Å². The molecule has 0 bridgehead atoms. The Hall–Kier alpha value is -3.95. The summed E-state index contributed by atoms with van der Waals surface area (Å²) in [4.78, 5) is 30.3. The number of amides is 2. The van der Waals surface area contributed by atoms with Crippen LogP contribution in [0.2, 0.25) is 0 Å². The molecule has 1 fully saturated rings. The maximum atomic E-state index is 15.9. The molecule has 1 aliphatic carbocycles. The fourth-order valence-electron chi connectivity index (χ4n) is 5.45. The normalized spacial score (nSPS) is 16.4. The second kappa shape index (κ2) is 8.86. The van der Waals surface area contributed by atoms with Crippen LogP contribution in [0.1, 0.15) is 28.8 Å². The van der Waals surface area contributed by atoms with Crippen LogP contribution in [-0.2, 0) is 20.0 Å². The van der Waals surface area contributed by atoms with Gasteiger partial charge in [-0.25, -0.2) is 18.6 Å². The van der Waals surface area contributed by atoms with Crippen molar-refractivity contribution in [3.8, 4) is 11.5 Å². The predicted octanol–water partition coefficient (Wildman–Crippen LogP) is 4.35. The molecule has 2 aromatic heterocycles. The lowest BCUT2D eigenvalue weighted by atomic mass is 9.97. The number of imidazole rings is 1. The summed E-state index contributed by atoms with van der Waals surface area (Å²) in [5.41, 5.74) is 3.23. The summed E-state index contributed by atoms with van der Waals surface area (Å²) in [5, 5.41) is 12.1. The molecule has 192 valence electrons. The lowest BCUT2D eigenvalue weighted by molar-refractivity contribution is 0.0712. The van der Waals surface area contributed by atoms with Gasteiger partial charge in [0.25, 0.3) is 5.91 Å². The van der Waals surface area contributed by atoms with E-state index in [1.54, 1.807) is 17.7 Å². The minimum atomic E-state index is -1.36. The van der Waals surface area contributed by atoms with Gasteiger partial charge in [-0.05, 0) is 43.4 Å². The number of aryl methyl sites for hydroxylation is 1. The Morgan fingerprint density at radius 3 is 2.78 bits per heavy atom. The average molecular weight is 508 g/mol. The van der Waals surface area contributed by atoms with Crippen molar-refractivity contribution in [3.63, 3.8) is 0 Å². The van der Waals surface area contributed by atoms with Gasteiger partial charge in [0.1, 0.15) is 12.2 Å². The van der Waals surface area contributed by atoms with Gasteiger partial charge in [-0.3, -0.25) is 4.79 Å². The Morgan fingerprint density at radius 2 is 2.05 bits per heavy atom. The zero-order valence-corrected chi connectivity index (χ0v) is 20.4. The molecule has 2 N–H and O–H groups in total. The Morgan fingerprint density at radius 1 is 1.27 bits per heavy atom. The molecule has 1 aliphatic heterocycles. The molecule has 37 heavy (non-hydrogen) atoms. The third-order valence-electron chi connectivity index (χ3n) is 7.48. The van der Waals surface area contributed by atoms with E-state index in [0.29, 0.717) is 28.3 Å². The predicted molar refractivity (Wildman–Crippen MR) is 135 cm³/mol. The first-order valence-electron chi connectivity index (χ1n) is 12.5. The topological polar surface area (TPSA) is 92.4 Å². The number of para-hydroxylation sites is 1. The average Bonchev–Trinajstić information content (AvgIpc) is 3.54. The number of nitrogens with zero attached hydrogens (tertiary/aromatic N) is 4. The van der Waals surface area contributed by atoms with Gasteiger partial charge in [-0.15, -0.1) is 0 Å². The third kappa shape index (κ3) is 4.00. The van der Waals surface area contributed by atoms with Crippen molar-refractivity contribution in [2.45, 2.75) is 31.8 Å². The molecule has 10 heteroatoms. The van der Waals surface area contributed by atoms with Crippen LogP contribution in [0.4, 0.5) is 13.6 Å². The molecule has 2 aliphatic rings. The fourth-order valence-corrected chi connectivity index (χ4v) is 5.45. The molecule has 1 atom stereocenters. The van der Waals surface area contributed by atoms with Gasteiger partial charge in [-0.1, -0.05) is 18.2 Å². The van der Waals surface area contributed by atoms with E-state index >= 15 is 4.39 Å². The summed E-state index contributed by atoms with van der Waals surface area (Å²) in [6.45, 7) is -0.0325. The molecule has 2 amide bonds. The molecule has 8 nitrogen and oxygen atoms in total. The second-order valence-electron chi connectivity index (χ2n) is 10.0. The highest BCUT2D eigenvalue weighted by Gasteiger charge is 2.32. The largest absolute Gasteiger partial charge is 0.465 e. The first-order valence-corrected chi connectivity index (χ1v) is 12.5. The van der Waals surface area contributed by atoms with Crippen LogP contribution in [0.3, 0.4) is 0 Å². The highest BCUT2D eigenvalue weighted by atomic mass is 19.1. The number of halogens is 2. The van der Waals surface area contributed by atoms with Crippen molar-refractivity contribution in [1.82, 2.24) is 24.3 Å². The molecule has 1 saturated carbocycles. The molecular formula is C27H27F2N5O3. The highest BCUT2D eigenvalue weighted by Crippen LogP contribution is 2.37. The number of aromatic nitrogens is 3. The van der Waals surface area contributed by atoms with Gasteiger partial charge < -0.3 is 24.5 Å². The lowest BCUT2D eigenvalue weighted by Crippen LogP contribution is -2.48. The van der Waals surface area contributed by atoms with E-state index in [9.17, 15) is 14.0 Å². The smallest absolute Gasteiger partial charge is 0.405 e. The number of fused-ring (bicyclic) bond motifs is 3. The lowest BCUT2D eigenvalue weighted by Gasteiger charge is -2.31. The maximum Gasteiger partial charge on any atom is 0.405 e. The standard InChI is InChI=1S/C27H27F2N5O3/c1-32-24-20(31-25(32)22-10-16-4-2-3-5-21(16)34(22)13-15-6-7-15)11-19-18(23(24)29)8-9-33(26(19)35)14-17(12-28)30-27(36)37/h2-5,10-11,15,17,30H,6-9,12-14H2,1H3,(H,36,37). The molecular weight excluding hydrogens is 480 g/mol. The Kier molecular flexibility index (Phi) is 5.62. The van der Waals surface area contributed by atoms with Crippen molar-refractivity contribution < 1.29 is 23.5 Å². The zero-order chi connectivity index (χ0) is 25.8. The number of carbonyl (C=O) groups is 2. The first-order chi connectivity index (χ1) is 17.9. The molecule has 4 aromatic rings. The zero-order valence-electron chi connectivity index (χ0n) is 20.4. The second-order valence-corrected chi connectivity index (χ2v) is 10.0. The molecule has 0 spiro atoms. The third-order valence-corrected chi connectivity index (χ3v) is 7.48. The number of hydrogen-bond acceptors (Lipinski definition) is 3. The van der Waals surface area contributed by atoms with Crippen molar-refractivity contribution in [3.05, 3.63) is 53.3 Å². The number of nitrogens with one attached hydrogen (secondary N) is 1. The highest BCUT2D eigenvalue weighted by molar-refractivity contribution is 6.01. The van der Waals surface area contributed by atoms with Crippen LogP contribution in [0.5, 0.6) is 0 Å². The van der Waals surface area contributed by atoms with Crippen LogP contribution < -0.4 is 5.32 Å². The number of carbonyl (C=O) groups excluding carboxylic acids is 1. The molecule has 1 unspecified atom stereocenters. The van der Waals surface area contributed by atoms with Gasteiger partial charge >= 0.3 is 6.09 Å². The van der Waals surface area contributed by atoms with E-state index in [-0.39, 0.29) is 25.1 Å². The summed E-state index contributed by atoms with van der Waals surface area (Å²) in [6.07, 6.45) is 1.27. The summed E-state index contributed by atoms with van der Waals surface area (Å²) >= 11 is 0. The number of alkyl halides is 1. The van der Waals surface area contributed by atoms with E-state index in [1.165, 1.54) is 17.7 Å². The SMILES string of the molecule is Cn1c(-c2cc3ccccc3n2CC2CC2)nc2cc3c(c(F)c21)CCN(CC(CF)NC(=O)O)C3=O. The molecule has 0 radical (unpaired) electrons. The van der Waals surface area contributed by atoms with Crippen LogP contribution >= 0.6 is 0 Å². The summed E-state index contributed by atoms with van der Waals surface area (Å²) in [6, 6.07) is 10.8. The van der Waals surface area contributed by atoms with Gasteiger partial charge in [0, 0.05) is 48.7 Å². The Labute approximate surface area is 211 Å². The van der Waals surface area contributed by atoms with E-state index in [0.717, 1.165) is 23.1 Å². The van der Waals surface area contributed by atoms with Crippen LogP contribution in [-0.4, -0.2) is 61.9 Å². The summed E-state index contributed by atoms with van der Waals surface area (Å²) in [5.74, 6) is 0.321. The van der Waals surface area contributed by atoms with E-state index < -0.39 is 30.5 Å². The van der Waals surface area contributed by atoms with Crippen LogP contribution in [0.25, 0.3) is 33.5 Å². The minimum absolute atomic E-state index is 0.129. The number of hydrogen-bond donors (Lipinski definition) is 2. The Bertz CT molecular complexity index is 1550. The summed E-state index contributed by atoms with van der Waals surface area (Å²) in [7, 11) is 1.79. The number of rotatable bonds is 7. The van der Waals surface area contributed by atoms with E-state index in [4.69, 9.17) is 10.1 Å². The number of carboxylic acid groups (broad SMARTS) is 1. The quantitative estimate of drug-likeness (QED) is 0.389.